The summed E-state index contributed by atoms with van der Waals surface area (Å²) in [5.41, 5.74) is 2.16. The van der Waals surface area contributed by atoms with Crippen molar-refractivity contribution < 1.29 is 15.0 Å². The number of carbonyl (C=O) groups is 1. The fourth-order valence-corrected chi connectivity index (χ4v) is 9.61. The molecular weight excluding hydrogens is 434 g/mol. The van der Waals surface area contributed by atoms with E-state index in [-0.39, 0.29) is 28.9 Å². The van der Waals surface area contributed by atoms with E-state index in [0.29, 0.717) is 47.1 Å². The number of fused-ring (bicyclic) bond motifs is 5. The minimum atomic E-state index is -0.227. The molecule has 4 saturated carbocycles. The molecule has 1 aromatic rings. The number of hydrogen-bond acceptors (Lipinski definition) is 6. The lowest BCUT2D eigenvalue weighted by atomic mass is 9.43. The highest BCUT2D eigenvalue weighted by atomic mass is 32.1. The molecule has 33 heavy (non-hydrogen) atoms. The van der Waals surface area contributed by atoms with Crippen LogP contribution in [-0.4, -0.2) is 38.5 Å². The van der Waals surface area contributed by atoms with E-state index in [9.17, 15) is 15.0 Å². The predicted molar refractivity (Wildman–Crippen MR) is 130 cm³/mol. The van der Waals surface area contributed by atoms with E-state index in [1.165, 1.54) is 37.0 Å². The lowest BCUT2D eigenvalue weighted by Crippen LogP contribution is -2.58. The van der Waals surface area contributed by atoms with Gasteiger partial charge in [-0.1, -0.05) is 32.1 Å². The molecule has 1 amide bonds. The van der Waals surface area contributed by atoms with Crippen molar-refractivity contribution in [1.29, 1.82) is 0 Å². The Hall–Kier alpha value is -1.05. The normalized spacial score (nSPS) is 45.5. The van der Waals surface area contributed by atoms with E-state index >= 15 is 0 Å². The van der Waals surface area contributed by atoms with Gasteiger partial charge in [0.15, 0.2) is 0 Å². The standard InChI is InChI=1S/C26H41N3O3S/c1-15(4-7-22(32)28-24-29-27-14-33-24)18-5-6-19-23-20(9-11-26(18,19)3)25(2)10-8-17(30)12-16(25)13-21(23)31/h14-21,23,30-31H,4-13H2,1-3H3,(H,28,29,32)/t15-,16-,17-,18+,19-,20-,21+,23+,25+,26-/m1/s1. The number of hydrogen-bond donors (Lipinski definition) is 3. The molecule has 10 atom stereocenters. The second-order valence-electron chi connectivity index (χ2n) is 12.3. The summed E-state index contributed by atoms with van der Waals surface area (Å²) in [5, 5.41) is 32.8. The number of amides is 1. The van der Waals surface area contributed by atoms with E-state index in [1.807, 2.05) is 0 Å². The summed E-state index contributed by atoms with van der Waals surface area (Å²) in [4.78, 5) is 12.4. The smallest absolute Gasteiger partial charge is 0.226 e. The van der Waals surface area contributed by atoms with Crippen LogP contribution >= 0.6 is 11.3 Å². The average molecular weight is 476 g/mol. The lowest BCUT2D eigenvalue weighted by molar-refractivity contribution is -0.174. The zero-order valence-electron chi connectivity index (χ0n) is 20.4. The molecule has 184 valence electrons. The molecule has 4 fully saturated rings. The molecule has 4 aliphatic rings. The van der Waals surface area contributed by atoms with Crippen molar-refractivity contribution in [3.05, 3.63) is 5.51 Å². The molecule has 3 N–H and O–H groups in total. The topological polar surface area (TPSA) is 95.3 Å². The Morgan fingerprint density at radius 3 is 2.67 bits per heavy atom. The molecule has 0 aromatic carbocycles. The zero-order chi connectivity index (χ0) is 23.4. The second-order valence-corrected chi connectivity index (χ2v) is 13.1. The SMILES string of the molecule is C[C@H](CCC(=O)Nc1nncs1)[C@@H]1CC[C@@H]2[C@H]3[C@@H](CC[C@@]21C)[C@@]1(C)CC[C@@H](O)C[C@@H]1C[C@@H]3O. The molecule has 1 heterocycles. The molecule has 5 rings (SSSR count). The van der Waals surface area contributed by atoms with Crippen LogP contribution in [-0.2, 0) is 4.79 Å². The van der Waals surface area contributed by atoms with Crippen molar-refractivity contribution in [3.8, 4) is 0 Å². The van der Waals surface area contributed by atoms with Gasteiger partial charge in [0, 0.05) is 6.42 Å². The van der Waals surface area contributed by atoms with Crippen molar-refractivity contribution in [2.24, 2.45) is 46.3 Å². The van der Waals surface area contributed by atoms with Gasteiger partial charge in [-0.2, -0.15) is 0 Å². The molecule has 0 saturated heterocycles. The summed E-state index contributed by atoms with van der Waals surface area (Å²) in [7, 11) is 0. The first-order chi connectivity index (χ1) is 15.7. The maximum atomic E-state index is 12.4. The highest BCUT2D eigenvalue weighted by Crippen LogP contribution is 2.68. The molecule has 0 unspecified atom stereocenters. The highest BCUT2D eigenvalue weighted by Gasteiger charge is 2.62. The molecule has 6 nitrogen and oxygen atoms in total. The molecule has 0 aliphatic heterocycles. The van der Waals surface area contributed by atoms with Crippen molar-refractivity contribution in [3.63, 3.8) is 0 Å². The predicted octanol–water partition coefficient (Wildman–Crippen LogP) is 4.88. The van der Waals surface area contributed by atoms with E-state index < -0.39 is 0 Å². The number of aliphatic hydroxyl groups excluding tert-OH is 2. The Balaban J connectivity index is 1.26. The quantitative estimate of drug-likeness (QED) is 0.564. The molecule has 0 bridgehead atoms. The number of nitrogens with zero attached hydrogens (tertiary/aromatic N) is 2. The molecule has 1 aromatic heterocycles. The third-order valence-electron chi connectivity index (χ3n) is 10.8. The van der Waals surface area contributed by atoms with Gasteiger partial charge in [0.05, 0.1) is 12.2 Å². The summed E-state index contributed by atoms with van der Waals surface area (Å²) in [6, 6.07) is 0. The van der Waals surface area contributed by atoms with Gasteiger partial charge < -0.3 is 15.5 Å². The van der Waals surface area contributed by atoms with Crippen LogP contribution in [0.5, 0.6) is 0 Å². The fourth-order valence-electron chi connectivity index (χ4n) is 9.14. The Kier molecular flexibility index (Phi) is 6.36. The Morgan fingerprint density at radius 1 is 1.15 bits per heavy atom. The molecule has 7 heteroatoms. The fraction of sp³-hybridized carbons (Fsp3) is 0.885. The Labute approximate surface area is 202 Å². The van der Waals surface area contributed by atoms with Gasteiger partial charge in [-0.3, -0.25) is 4.79 Å². The third-order valence-corrected chi connectivity index (χ3v) is 11.5. The average Bonchev–Trinajstić information content (AvgIpc) is 3.40. The Bertz CT molecular complexity index is 850. The number of anilines is 1. The van der Waals surface area contributed by atoms with Crippen molar-refractivity contribution in [2.75, 3.05) is 5.32 Å². The second kappa shape index (κ2) is 8.87. The first-order valence-electron chi connectivity index (χ1n) is 13.1. The van der Waals surface area contributed by atoms with Gasteiger partial charge in [0.1, 0.15) is 5.51 Å². The third kappa shape index (κ3) is 4.06. The van der Waals surface area contributed by atoms with E-state index in [4.69, 9.17) is 0 Å². The van der Waals surface area contributed by atoms with Crippen LogP contribution in [0.4, 0.5) is 5.13 Å². The summed E-state index contributed by atoms with van der Waals surface area (Å²) in [6.07, 6.45) is 9.66. The lowest BCUT2D eigenvalue weighted by Gasteiger charge is -2.62. The minimum absolute atomic E-state index is 0.0307. The zero-order valence-corrected chi connectivity index (χ0v) is 21.2. The summed E-state index contributed by atoms with van der Waals surface area (Å²) in [5.74, 6) is 3.17. The number of nitrogens with one attached hydrogen (secondary N) is 1. The van der Waals surface area contributed by atoms with Crippen LogP contribution in [0.2, 0.25) is 0 Å². The van der Waals surface area contributed by atoms with Gasteiger partial charge in [0.2, 0.25) is 11.0 Å². The summed E-state index contributed by atoms with van der Waals surface area (Å²) in [6.45, 7) is 7.30. The first kappa shape index (κ1) is 23.7. The number of aromatic nitrogens is 2. The summed E-state index contributed by atoms with van der Waals surface area (Å²) >= 11 is 1.35. The van der Waals surface area contributed by atoms with Gasteiger partial charge in [-0.25, -0.2) is 0 Å². The van der Waals surface area contributed by atoms with Crippen LogP contribution in [0, 0.1) is 46.3 Å². The van der Waals surface area contributed by atoms with E-state index in [0.717, 1.165) is 32.1 Å². The van der Waals surface area contributed by atoms with Gasteiger partial charge in [-0.05, 0) is 104 Å². The number of aliphatic hydroxyl groups is 2. The monoisotopic (exact) mass is 475 g/mol. The Morgan fingerprint density at radius 2 is 1.91 bits per heavy atom. The van der Waals surface area contributed by atoms with Crippen LogP contribution in [0.25, 0.3) is 0 Å². The van der Waals surface area contributed by atoms with Crippen LogP contribution in [0.1, 0.15) is 85.0 Å². The van der Waals surface area contributed by atoms with Gasteiger partial charge >= 0.3 is 0 Å². The summed E-state index contributed by atoms with van der Waals surface area (Å²) < 4.78 is 0. The largest absolute Gasteiger partial charge is 0.393 e. The molecule has 0 spiro atoms. The highest BCUT2D eigenvalue weighted by molar-refractivity contribution is 7.13. The molecular formula is C26H41N3O3S. The van der Waals surface area contributed by atoms with E-state index in [2.05, 4.69) is 36.3 Å². The van der Waals surface area contributed by atoms with Gasteiger partial charge in [0.25, 0.3) is 0 Å². The maximum absolute atomic E-state index is 12.4. The molecule has 0 radical (unpaired) electrons. The van der Waals surface area contributed by atoms with Crippen LogP contribution in [0.15, 0.2) is 5.51 Å². The van der Waals surface area contributed by atoms with Crippen LogP contribution in [0.3, 0.4) is 0 Å². The van der Waals surface area contributed by atoms with E-state index in [1.54, 1.807) is 5.51 Å². The van der Waals surface area contributed by atoms with Crippen molar-refractivity contribution in [2.45, 2.75) is 97.2 Å². The number of carbonyl (C=O) groups excluding carboxylic acids is 1. The molecule has 4 aliphatic carbocycles. The minimum Gasteiger partial charge on any atom is -0.393 e. The van der Waals surface area contributed by atoms with Crippen molar-refractivity contribution in [1.82, 2.24) is 10.2 Å². The maximum Gasteiger partial charge on any atom is 0.226 e. The first-order valence-corrected chi connectivity index (χ1v) is 14.0. The van der Waals surface area contributed by atoms with Crippen molar-refractivity contribution >= 4 is 22.4 Å². The van der Waals surface area contributed by atoms with Crippen LogP contribution < -0.4 is 5.32 Å². The van der Waals surface area contributed by atoms with Gasteiger partial charge in [-0.15, -0.1) is 10.2 Å². The number of rotatable bonds is 5.